The molecule has 0 unspecified atom stereocenters. The Balaban J connectivity index is 2.16. The van der Waals surface area contributed by atoms with E-state index in [1.807, 2.05) is 0 Å². The van der Waals surface area contributed by atoms with E-state index in [9.17, 15) is 5.11 Å². The average molecular weight is 221 g/mol. The van der Waals surface area contributed by atoms with Crippen LogP contribution in [0.15, 0.2) is 6.07 Å². The summed E-state index contributed by atoms with van der Waals surface area (Å²) >= 11 is 0. The lowest BCUT2D eigenvalue weighted by Crippen LogP contribution is -2.18. The van der Waals surface area contributed by atoms with E-state index >= 15 is 0 Å². The van der Waals surface area contributed by atoms with Gasteiger partial charge in [-0.25, -0.2) is 0 Å². The number of aryl methyl sites for hydroxylation is 1. The van der Waals surface area contributed by atoms with E-state index in [4.69, 9.17) is 0 Å². The fraction of sp³-hybridized carbons (Fsp3) is 0.667. The number of nitrogens with zero attached hydrogens (tertiary/aromatic N) is 2. The van der Waals surface area contributed by atoms with Crippen molar-refractivity contribution < 1.29 is 5.11 Å². The first-order valence-corrected chi connectivity index (χ1v) is 5.78. The maximum atomic E-state index is 9.18. The summed E-state index contributed by atoms with van der Waals surface area (Å²) in [5.41, 5.74) is 2.56. The molecule has 1 aromatic heterocycles. The Bertz CT molecular complexity index is 388. The molecule has 1 heterocycles. The number of aromatic nitrogens is 2. The van der Waals surface area contributed by atoms with Gasteiger partial charge in [-0.1, -0.05) is 13.8 Å². The quantitative estimate of drug-likeness (QED) is 0.812. The second-order valence-corrected chi connectivity index (χ2v) is 5.22. The lowest BCUT2D eigenvalue weighted by atomic mass is 9.91. The Morgan fingerprint density at radius 1 is 1.50 bits per heavy atom. The third-order valence-corrected chi connectivity index (χ3v) is 3.11. The first kappa shape index (κ1) is 11.3. The van der Waals surface area contributed by atoms with Gasteiger partial charge in [-0.2, -0.15) is 5.10 Å². The van der Waals surface area contributed by atoms with Gasteiger partial charge in [0.1, 0.15) is 5.82 Å². The average Bonchev–Trinajstić information content (AvgIpc) is 2.52. The molecule has 0 radical (unpaired) electrons. The summed E-state index contributed by atoms with van der Waals surface area (Å²) in [7, 11) is 0. The minimum atomic E-state index is -0.369. The topological polar surface area (TPSA) is 58.0 Å². The second kappa shape index (κ2) is 4.01. The first-order valence-electron chi connectivity index (χ1n) is 5.78. The van der Waals surface area contributed by atoms with E-state index in [1.54, 1.807) is 6.92 Å². The third-order valence-electron chi connectivity index (χ3n) is 3.11. The lowest BCUT2D eigenvalue weighted by Gasteiger charge is -2.16. The van der Waals surface area contributed by atoms with Crippen molar-refractivity contribution in [2.45, 2.75) is 45.1 Å². The van der Waals surface area contributed by atoms with Crippen molar-refractivity contribution in [3.63, 3.8) is 0 Å². The van der Waals surface area contributed by atoms with Gasteiger partial charge in [0.25, 0.3) is 0 Å². The molecule has 0 aromatic carbocycles. The Morgan fingerprint density at radius 3 is 2.94 bits per heavy atom. The number of anilines is 1. The normalized spacial score (nSPS) is 19.2. The number of rotatable bonds is 3. The van der Waals surface area contributed by atoms with Crippen molar-refractivity contribution in [3.05, 3.63) is 17.3 Å². The van der Waals surface area contributed by atoms with E-state index in [1.165, 1.54) is 5.56 Å². The molecule has 1 aromatic rings. The van der Waals surface area contributed by atoms with Crippen LogP contribution < -0.4 is 5.32 Å². The molecule has 0 spiro atoms. The van der Waals surface area contributed by atoms with Crippen molar-refractivity contribution >= 4 is 5.82 Å². The monoisotopic (exact) mass is 221 g/mol. The van der Waals surface area contributed by atoms with Crippen LogP contribution in [0.4, 0.5) is 5.82 Å². The Labute approximate surface area is 96.1 Å². The zero-order chi connectivity index (χ0) is 11.8. The predicted molar refractivity (Wildman–Crippen MR) is 63.5 cm³/mol. The number of nitrogens with one attached hydrogen (secondary N) is 1. The van der Waals surface area contributed by atoms with Crippen molar-refractivity contribution in [3.8, 4) is 0 Å². The minimum absolute atomic E-state index is 0.158. The fourth-order valence-corrected chi connectivity index (χ4v) is 2.10. The van der Waals surface area contributed by atoms with Gasteiger partial charge >= 0.3 is 0 Å². The summed E-state index contributed by atoms with van der Waals surface area (Å²) in [6.07, 6.45) is 1.84. The van der Waals surface area contributed by atoms with Gasteiger partial charge in [0.2, 0.25) is 0 Å². The Morgan fingerprint density at radius 2 is 2.25 bits per heavy atom. The summed E-state index contributed by atoms with van der Waals surface area (Å²) in [5, 5.41) is 20.7. The zero-order valence-corrected chi connectivity index (χ0v) is 10.1. The van der Waals surface area contributed by atoms with Gasteiger partial charge in [-0.15, -0.1) is 5.10 Å². The summed E-state index contributed by atoms with van der Waals surface area (Å²) in [6, 6.07) is 2.06. The largest absolute Gasteiger partial charge is 0.392 e. The van der Waals surface area contributed by atoms with E-state index in [-0.39, 0.29) is 11.5 Å². The molecule has 0 amide bonds. The minimum Gasteiger partial charge on any atom is -0.392 e. The molecule has 2 rings (SSSR count). The number of aliphatic hydroxyl groups is 1. The standard InChI is InChI=1S/C12H19N3O/c1-8(16)7-13-10-6-9-4-5-12(2,3)11(9)15-14-10/h6,8,16H,4-5,7H2,1-3H3,(H,13,14)/t8-/m0/s1. The van der Waals surface area contributed by atoms with Crippen molar-refractivity contribution in [2.24, 2.45) is 0 Å². The molecule has 0 saturated heterocycles. The molecule has 0 saturated carbocycles. The highest BCUT2D eigenvalue weighted by molar-refractivity contribution is 5.42. The molecule has 1 aliphatic carbocycles. The molecule has 88 valence electrons. The molecule has 2 N–H and O–H groups in total. The van der Waals surface area contributed by atoms with Crippen LogP contribution in [0.25, 0.3) is 0 Å². The number of fused-ring (bicyclic) bond motifs is 1. The molecule has 4 heteroatoms. The summed E-state index contributed by atoms with van der Waals surface area (Å²) in [4.78, 5) is 0. The highest BCUT2D eigenvalue weighted by Gasteiger charge is 2.31. The summed E-state index contributed by atoms with van der Waals surface area (Å²) in [6.45, 7) is 6.67. The van der Waals surface area contributed by atoms with Gasteiger partial charge in [0.05, 0.1) is 11.8 Å². The Hall–Kier alpha value is -1.16. The maximum Gasteiger partial charge on any atom is 0.149 e. The molecule has 4 nitrogen and oxygen atoms in total. The molecular weight excluding hydrogens is 202 g/mol. The van der Waals surface area contributed by atoms with Gasteiger partial charge in [0.15, 0.2) is 0 Å². The first-order chi connectivity index (χ1) is 7.49. The van der Waals surface area contributed by atoms with Gasteiger partial charge in [-0.3, -0.25) is 0 Å². The highest BCUT2D eigenvalue weighted by atomic mass is 16.3. The van der Waals surface area contributed by atoms with Crippen molar-refractivity contribution in [1.29, 1.82) is 0 Å². The van der Waals surface area contributed by atoms with Crippen LogP contribution in [0.1, 0.15) is 38.4 Å². The molecule has 16 heavy (non-hydrogen) atoms. The van der Waals surface area contributed by atoms with Crippen molar-refractivity contribution in [2.75, 3.05) is 11.9 Å². The number of aliphatic hydroxyl groups excluding tert-OH is 1. The maximum absolute atomic E-state index is 9.18. The Kier molecular flexibility index (Phi) is 2.84. The van der Waals surface area contributed by atoms with Crippen LogP contribution in [-0.2, 0) is 11.8 Å². The van der Waals surface area contributed by atoms with Crippen LogP contribution in [0.2, 0.25) is 0 Å². The molecule has 0 bridgehead atoms. The van der Waals surface area contributed by atoms with Crippen molar-refractivity contribution in [1.82, 2.24) is 10.2 Å². The second-order valence-electron chi connectivity index (χ2n) is 5.22. The lowest BCUT2D eigenvalue weighted by molar-refractivity contribution is 0.208. The fourth-order valence-electron chi connectivity index (χ4n) is 2.10. The molecular formula is C12H19N3O. The van der Waals surface area contributed by atoms with Crippen LogP contribution in [0.5, 0.6) is 0 Å². The molecule has 0 aliphatic heterocycles. The SMILES string of the molecule is C[C@H](O)CNc1cc2c(nn1)C(C)(C)CC2. The smallest absolute Gasteiger partial charge is 0.149 e. The molecule has 1 atom stereocenters. The summed E-state index contributed by atoms with van der Waals surface area (Å²) in [5.74, 6) is 0.761. The van der Waals surface area contributed by atoms with E-state index in [2.05, 4.69) is 35.4 Å². The molecule has 1 aliphatic rings. The van der Waals surface area contributed by atoms with Gasteiger partial charge < -0.3 is 10.4 Å². The number of hydrogen-bond acceptors (Lipinski definition) is 4. The van der Waals surface area contributed by atoms with Gasteiger partial charge in [0, 0.05) is 12.0 Å². The number of hydrogen-bond donors (Lipinski definition) is 2. The summed E-state index contributed by atoms with van der Waals surface area (Å²) < 4.78 is 0. The zero-order valence-electron chi connectivity index (χ0n) is 10.1. The highest BCUT2D eigenvalue weighted by Crippen LogP contribution is 2.36. The van der Waals surface area contributed by atoms with E-state index in [0.29, 0.717) is 6.54 Å². The van der Waals surface area contributed by atoms with Gasteiger partial charge in [-0.05, 0) is 31.4 Å². The van der Waals surface area contributed by atoms with E-state index < -0.39 is 0 Å². The van der Waals surface area contributed by atoms with E-state index in [0.717, 1.165) is 24.4 Å². The predicted octanol–water partition coefficient (Wildman–Crippen LogP) is 1.49. The van der Waals surface area contributed by atoms with Crippen LogP contribution >= 0.6 is 0 Å². The van der Waals surface area contributed by atoms with Crippen LogP contribution in [0, 0.1) is 0 Å². The van der Waals surface area contributed by atoms with Crippen LogP contribution in [-0.4, -0.2) is 28.0 Å². The molecule has 0 fully saturated rings. The third kappa shape index (κ3) is 2.16. The van der Waals surface area contributed by atoms with Crippen LogP contribution in [0.3, 0.4) is 0 Å².